The minimum Gasteiger partial charge on any atom is -0.495 e. The number of anilines is 1. The van der Waals surface area contributed by atoms with E-state index in [1.807, 2.05) is 0 Å². The molecule has 0 atom stereocenters. The fourth-order valence-electron chi connectivity index (χ4n) is 2.46. The van der Waals surface area contributed by atoms with Crippen LogP contribution in [-0.4, -0.2) is 34.0 Å². The van der Waals surface area contributed by atoms with Crippen LogP contribution >= 0.6 is 0 Å². The average molecular weight is 369 g/mol. The lowest BCUT2D eigenvalue weighted by molar-refractivity contribution is -0.116. The number of methoxy groups -OCH3 is 1. The van der Waals surface area contributed by atoms with Crippen LogP contribution < -0.4 is 20.5 Å². The standard InChI is InChI=1S/C17H27N3O4S/c1-24-15-10-9-14(19-17(21)6-4-2-3-5-11-18)12-16(15)25(22,23)20-13-7-8-13/h9-10,12-13,20H,2-8,11,18H2,1H3,(H,19,21). The number of nitrogens with one attached hydrogen (secondary N) is 2. The van der Waals surface area contributed by atoms with Gasteiger partial charge in [-0.25, -0.2) is 13.1 Å². The van der Waals surface area contributed by atoms with Gasteiger partial charge in [-0.2, -0.15) is 0 Å². The van der Waals surface area contributed by atoms with Gasteiger partial charge in [-0.3, -0.25) is 4.79 Å². The third-order valence-electron chi connectivity index (χ3n) is 3.99. The maximum absolute atomic E-state index is 12.5. The number of unbranched alkanes of at least 4 members (excludes halogenated alkanes) is 3. The van der Waals surface area contributed by atoms with Crippen LogP contribution in [0.15, 0.2) is 23.1 Å². The van der Waals surface area contributed by atoms with Crippen molar-refractivity contribution < 1.29 is 17.9 Å². The topological polar surface area (TPSA) is 111 Å². The Balaban J connectivity index is 1.99. The van der Waals surface area contributed by atoms with Crippen molar-refractivity contribution in [1.82, 2.24) is 4.72 Å². The molecule has 1 aromatic carbocycles. The van der Waals surface area contributed by atoms with Gasteiger partial charge < -0.3 is 15.8 Å². The molecule has 0 radical (unpaired) electrons. The van der Waals surface area contributed by atoms with E-state index in [-0.39, 0.29) is 22.6 Å². The lowest BCUT2D eigenvalue weighted by atomic mass is 10.1. The second-order valence-electron chi connectivity index (χ2n) is 6.26. The van der Waals surface area contributed by atoms with Gasteiger partial charge in [0, 0.05) is 18.2 Å². The van der Waals surface area contributed by atoms with Crippen LogP contribution in [0.25, 0.3) is 0 Å². The Morgan fingerprint density at radius 3 is 2.60 bits per heavy atom. The normalized spacial score (nSPS) is 14.3. The molecule has 0 aliphatic heterocycles. The lowest BCUT2D eigenvalue weighted by Gasteiger charge is -2.13. The van der Waals surface area contributed by atoms with Gasteiger partial charge in [0.2, 0.25) is 15.9 Å². The summed E-state index contributed by atoms with van der Waals surface area (Å²) in [6.07, 6.45) is 5.83. The minimum atomic E-state index is -3.66. The van der Waals surface area contributed by atoms with Crippen molar-refractivity contribution in [2.75, 3.05) is 19.0 Å². The zero-order valence-electron chi connectivity index (χ0n) is 14.6. The summed E-state index contributed by atoms with van der Waals surface area (Å²) in [5.74, 6) is 0.129. The molecule has 0 unspecified atom stereocenters. The summed E-state index contributed by atoms with van der Waals surface area (Å²) in [7, 11) is -2.24. The van der Waals surface area contributed by atoms with Crippen LogP contribution in [0.3, 0.4) is 0 Å². The molecule has 1 fully saturated rings. The van der Waals surface area contributed by atoms with Gasteiger partial charge in [-0.1, -0.05) is 12.8 Å². The van der Waals surface area contributed by atoms with Gasteiger partial charge in [0.15, 0.2) is 0 Å². The number of benzene rings is 1. The van der Waals surface area contributed by atoms with Crippen LogP contribution in [0.4, 0.5) is 5.69 Å². The van der Waals surface area contributed by atoms with Crippen LogP contribution in [0, 0.1) is 0 Å². The van der Waals surface area contributed by atoms with Gasteiger partial charge in [-0.15, -0.1) is 0 Å². The van der Waals surface area contributed by atoms with E-state index in [9.17, 15) is 13.2 Å². The third kappa shape index (κ3) is 6.30. The Morgan fingerprint density at radius 1 is 1.24 bits per heavy atom. The first-order valence-electron chi connectivity index (χ1n) is 8.66. The molecule has 0 saturated heterocycles. The molecular formula is C17H27N3O4S. The zero-order chi connectivity index (χ0) is 18.3. The van der Waals surface area contributed by atoms with Crippen molar-refractivity contribution >= 4 is 21.6 Å². The average Bonchev–Trinajstić information content (AvgIpc) is 3.38. The molecule has 0 aromatic heterocycles. The molecule has 140 valence electrons. The molecular weight excluding hydrogens is 342 g/mol. The molecule has 2 rings (SSSR count). The molecule has 25 heavy (non-hydrogen) atoms. The summed E-state index contributed by atoms with van der Waals surface area (Å²) < 4.78 is 32.7. The van der Waals surface area contributed by atoms with E-state index in [1.54, 1.807) is 12.1 Å². The summed E-state index contributed by atoms with van der Waals surface area (Å²) >= 11 is 0. The summed E-state index contributed by atoms with van der Waals surface area (Å²) in [5.41, 5.74) is 5.88. The Kier molecular flexibility index (Phi) is 7.22. The number of amides is 1. The van der Waals surface area contributed by atoms with E-state index < -0.39 is 10.0 Å². The van der Waals surface area contributed by atoms with Crippen LogP contribution in [0.5, 0.6) is 5.75 Å². The van der Waals surface area contributed by atoms with E-state index in [2.05, 4.69) is 10.0 Å². The van der Waals surface area contributed by atoms with E-state index >= 15 is 0 Å². The highest BCUT2D eigenvalue weighted by Crippen LogP contribution is 2.29. The summed E-state index contributed by atoms with van der Waals surface area (Å²) in [4.78, 5) is 12.1. The van der Waals surface area contributed by atoms with Gasteiger partial charge in [-0.05, 0) is 50.4 Å². The van der Waals surface area contributed by atoms with E-state index in [1.165, 1.54) is 13.2 Å². The number of carbonyl (C=O) groups is 1. The van der Waals surface area contributed by atoms with Gasteiger partial charge in [0.1, 0.15) is 10.6 Å². The molecule has 1 saturated carbocycles. The SMILES string of the molecule is COc1ccc(NC(=O)CCCCCCN)cc1S(=O)(=O)NC1CC1. The first kappa shape index (κ1) is 19.7. The largest absolute Gasteiger partial charge is 0.495 e. The van der Waals surface area contributed by atoms with Crippen molar-refractivity contribution in [3.05, 3.63) is 18.2 Å². The second-order valence-corrected chi connectivity index (χ2v) is 7.94. The Morgan fingerprint density at radius 2 is 1.96 bits per heavy atom. The van der Waals surface area contributed by atoms with Crippen LogP contribution in [-0.2, 0) is 14.8 Å². The molecule has 1 aliphatic rings. The number of hydrogen-bond acceptors (Lipinski definition) is 5. The van der Waals surface area contributed by atoms with Crippen molar-refractivity contribution in [3.63, 3.8) is 0 Å². The first-order valence-corrected chi connectivity index (χ1v) is 10.1. The van der Waals surface area contributed by atoms with E-state index in [4.69, 9.17) is 10.5 Å². The Hall–Kier alpha value is -1.64. The Labute approximate surface area is 149 Å². The van der Waals surface area contributed by atoms with E-state index in [0.29, 0.717) is 18.7 Å². The number of rotatable bonds is 11. The van der Waals surface area contributed by atoms with Crippen molar-refractivity contribution in [1.29, 1.82) is 0 Å². The smallest absolute Gasteiger partial charge is 0.244 e. The number of hydrogen-bond donors (Lipinski definition) is 3. The molecule has 0 spiro atoms. The maximum Gasteiger partial charge on any atom is 0.244 e. The van der Waals surface area contributed by atoms with Crippen molar-refractivity contribution in [2.24, 2.45) is 5.73 Å². The van der Waals surface area contributed by atoms with Gasteiger partial charge in [0.05, 0.1) is 7.11 Å². The number of nitrogens with two attached hydrogens (primary N) is 1. The number of ether oxygens (including phenoxy) is 1. The highest BCUT2D eigenvalue weighted by molar-refractivity contribution is 7.89. The second kappa shape index (κ2) is 9.17. The molecule has 1 amide bonds. The maximum atomic E-state index is 12.5. The predicted octanol–water partition coefficient (Wildman–Crippen LogP) is 1.98. The van der Waals surface area contributed by atoms with E-state index in [0.717, 1.165) is 38.5 Å². The van der Waals surface area contributed by atoms with Gasteiger partial charge >= 0.3 is 0 Å². The van der Waals surface area contributed by atoms with Gasteiger partial charge in [0.25, 0.3) is 0 Å². The van der Waals surface area contributed by atoms with Crippen LogP contribution in [0.2, 0.25) is 0 Å². The molecule has 7 nitrogen and oxygen atoms in total. The predicted molar refractivity (Wildman–Crippen MR) is 97.1 cm³/mol. The van der Waals surface area contributed by atoms with Crippen LogP contribution in [0.1, 0.15) is 44.9 Å². The zero-order valence-corrected chi connectivity index (χ0v) is 15.4. The lowest BCUT2D eigenvalue weighted by Crippen LogP contribution is -2.26. The molecule has 0 heterocycles. The highest BCUT2D eigenvalue weighted by atomic mass is 32.2. The molecule has 0 bridgehead atoms. The highest BCUT2D eigenvalue weighted by Gasteiger charge is 2.30. The summed E-state index contributed by atoms with van der Waals surface area (Å²) in [5, 5.41) is 2.75. The third-order valence-corrected chi connectivity index (χ3v) is 5.54. The first-order chi connectivity index (χ1) is 12.0. The quantitative estimate of drug-likeness (QED) is 0.517. The molecule has 4 N–H and O–H groups in total. The Bertz CT molecular complexity index is 687. The molecule has 8 heteroatoms. The summed E-state index contributed by atoms with van der Waals surface area (Å²) in [6, 6.07) is 4.64. The minimum absolute atomic E-state index is 0.00136. The fraction of sp³-hybridized carbons (Fsp3) is 0.588. The monoisotopic (exact) mass is 369 g/mol. The molecule has 1 aromatic rings. The fourth-order valence-corrected chi connectivity index (χ4v) is 3.96. The molecule has 1 aliphatic carbocycles. The number of sulfonamides is 1. The number of carbonyl (C=O) groups excluding carboxylic acids is 1. The van der Waals surface area contributed by atoms with Crippen molar-refractivity contribution in [2.45, 2.75) is 55.9 Å². The summed E-state index contributed by atoms with van der Waals surface area (Å²) in [6.45, 7) is 0.671. The van der Waals surface area contributed by atoms with Crippen molar-refractivity contribution in [3.8, 4) is 5.75 Å².